The molecule has 0 saturated heterocycles. The van der Waals surface area contributed by atoms with E-state index in [1.807, 2.05) is 6.92 Å². The Morgan fingerprint density at radius 1 is 0.968 bits per heavy atom. The van der Waals surface area contributed by atoms with Crippen molar-refractivity contribution in [3.63, 3.8) is 0 Å². The second-order valence-corrected chi connectivity index (χ2v) is 6.81. The molecule has 3 rings (SSSR count). The van der Waals surface area contributed by atoms with Crippen LogP contribution in [0.5, 0.6) is 17.2 Å². The van der Waals surface area contributed by atoms with Gasteiger partial charge in [-0.2, -0.15) is 0 Å². The van der Waals surface area contributed by atoms with Crippen LogP contribution in [-0.4, -0.2) is 62.8 Å². The van der Waals surface area contributed by atoms with Crippen LogP contribution < -0.4 is 19.1 Å². The van der Waals surface area contributed by atoms with Gasteiger partial charge >= 0.3 is 0 Å². The molecule has 0 atom stereocenters. The van der Waals surface area contributed by atoms with Gasteiger partial charge in [-0.25, -0.2) is 4.90 Å². The second-order valence-electron chi connectivity index (χ2n) is 6.81. The summed E-state index contributed by atoms with van der Waals surface area (Å²) in [5.74, 6) is 0.631. The van der Waals surface area contributed by atoms with E-state index in [9.17, 15) is 14.7 Å². The number of hydrogen-bond acceptors (Lipinski definition) is 7. The zero-order valence-electron chi connectivity index (χ0n) is 18.0. The molecule has 0 saturated carbocycles. The molecule has 2 aromatic carbocycles. The maximum absolute atomic E-state index is 13.5. The summed E-state index contributed by atoms with van der Waals surface area (Å²) in [5.41, 5.74) is 1.44. The standard InChI is InChI=1S/C23H26N2O6/c1-5-31-17-9-6-15(7-10-17)20-21(24(2)12-13-26)23(28)25(22(20)27)16-8-11-18(29-3)19(14-16)30-4/h6-11,14,26H,5,12-13H2,1-4H3. The molecule has 1 aliphatic rings. The highest BCUT2D eigenvalue weighted by Gasteiger charge is 2.42. The van der Waals surface area contributed by atoms with Gasteiger partial charge < -0.3 is 24.2 Å². The molecule has 0 bridgehead atoms. The first-order chi connectivity index (χ1) is 15.0. The van der Waals surface area contributed by atoms with Crippen molar-refractivity contribution < 1.29 is 28.9 Å². The molecule has 31 heavy (non-hydrogen) atoms. The summed E-state index contributed by atoms with van der Waals surface area (Å²) in [6.07, 6.45) is 0. The van der Waals surface area contributed by atoms with E-state index in [0.717, 1.165) is 4.90 Å². The Hall–Kier alpha value is -3.52. The molecule has 2 amide bonds. The third-order valence-electron chi connectivity index (χ3n) is 4.96. The van der Waals surface area contributed by atoms with Crippen LogP contribution in [0.4, 0.5) is 5.69 Å². The van der Waals surface area contributed by atoms with E-state index in [2.05, 4.69) is 0 Å². The lowest BCUT2D eigenvalue weighted by atomic mass is 10.0. The van der Waals surface area contributed by atoms with Gasteiger partial charge in [0.2, 0.25) is 0 Å². The Balaban J connectivity index is 2.08. The van der Waals surface area contributed by atoms with Crippen LogP contribution in [0.3, 0.4) is 0 Å². The number of aliphatic hydroxyl groups is 1. The number of methoxy groups -OCH3 is 2. The van der Waals surface area contributed by atoms with E-state index in [4.69, 9.17) is 14.2 Å². The van der Waals surface area contributed by atoms with Gasteiger partial charge in [0, 0.05) is 19.7 Å². The Morgan fingerprint density at radius 3 is 2.23 bits per heavy atom. The van der Waals surface area contributed by atoms with Crippen molar-refractivity contribution in [1.82, 2.24) is 4.90 Å². The summed E-state index contributed by atoms with van der Waals surface area (Å²) >= 11 is 0. The molecule has 2 aromatic rings. The van der Waals surface area contributed by atoms with Crippen LogP contribution in [0.25, 0.3) is 5.57 Å². The van der Waals surface area contributed by atoms with E-state index < -0.39 is 11.8 Å². The highest BCUT2D eigenvalue weighted by atomic mass is 16.5. The predicted molar refractivity (Wildman–Crippen MR) is 116 cm³/mol. The van der Waals surface area contributed by atoms with Crippen LogP contribution in [0, 0.1) is 0 Å². The molecular formula is C23H26N2O6. The topological polar surface area (TPSA) is 88.5 Å². The molecule has 0 unspecified atom stereocenters. The van der Waals surface area contributed by atoms with Crippen molar-refractivity contribution >= 4 is 23.1 Å². The Morgan fingerprint density at radius 2 is 1.65 bits per heavy atom. The van der Waals surface area contributed by atoms with Crippen LogP contribution in [0.2, 0.25) is 0 Å². The van der Waals surface area contributed by atoms with Gasteiger partial charge in [-0.05, 0) is 36.8 Å². The van der Waals surface area contributed by atoms with Gasteiger partial charge in [0.1, 0.15) is 11.4 Å². The zero-order valence-corrected chi connectivity index (χ0v) is 18.0. The molecule has 1 aliphatic heterocycles. The van der Waals surface area contributed by atoms with Crippen molar-refractivity contribution in [2.24, 2.45) is 0 Å². The number of imide groups is 1. The maximum Gasteiger partial charge on any atom is 0.282 e. The van der Waals surface area contributed by atoms with Gasteiger partial charge in [-0.3, -0.25) is 9.59 Å². The minimum Gasteiger partial charge on any atom is -0.494 e. The second kappa shape index (κ2) is 9.53. The third kappa shape index (κ3) is 4.20. The Labute approximate surface area is 181 Å². The minimum atomic E-state index is -0.475. The average Bonchev–Trinajstić information content (AvgIpc) is 3.04. The van der Waals surface area contributed by atoms with Gasteiger partial charge in [-0.1, -0.05) is 12.1 Å². The molecule has 0 radical (unpaired) electrons. The van der Waals surface area contributed by atoms with Crippen molar-refractivity contribution in [3.05, 3.63) is 53.7 Å². The number of likely N-dealkylation sites (N-methyl/N-ethyl adjacent to an activating group) is 1. The first-order valence-corrected chi connectivity index (χ1v) is 9.87. The smallest absolute Gasteiger partial charge is 0.282 e. The quantitative estimate of drug-likeness (QED) is 0.616. The predicted octanol–water partition coefficient (Wildman–Crippen LogP) is 2.31. The number of aliphatic hydroxyl groups excluding tert-OH is 1. The highest BCUT2D eigenvalue weighted by molar-refractivity contribution is 6.45. The molecule has 164 valence electrons. The van der Waals surface area contributed by atoms with Crippen molar-refractivity contribution in [2.75, 3.05) is 45.9 Å². The molecular weight excluding hydrogens is 400 g/mol. The number of nitrogens with zero attached hydrogens (tertiary/aromatic N) is 2. The lowest BCUT2D eigenvalue weighted by molar-refractivity contribution is -0.120. The average molecular weight is 426 g/mol. The first kappa shape index (κ1) is 22.2. The number of anilines is 1. The van der Waals surface area contributed by atoms with Gasteiger partial charge in [-0.15, -0.1) is 0 Å². The van der Waals surface area contributed by atoms with Crippen molar-refractivity contribution in [2.45, 2.75) is 6.92 Å². The molecule has 1 N–H and O–H groups in total. The van der Waals surface area contributed by atoms with Crippen LogP contribution in [0.15, 0.2) is 48.2 Å². The van der Waals surface area contributed by atoms with E-state index >= 15 is 0 Å². The molecule has 0 aliphatic carbocycles. The molecule has 8 heteroatoms. The largest absolute Gasteiger partial charge is 0.494 e. The lowest BCUT2D eigenvalue weighted by Crippen LogP contribution is -2.34. The molecule has 0 fully saturated rings. The van der Waals surface area contributed by atoms with E-state index in [1.165, 1.54) is 14.2 Å². The fourth-order valence-corrected chi connectivity index (χ4v) is 3.48. The fraction of sp³-hybridized carbons (Fsp3) is 0.304. The minimum absolute atomic E-state index is 0.158. The molecule has 1 heterocycles. The fourth-order valence-electron chi connectivity index (χ4n) is 3.48. The van der Waals surface area contributed by atoms with Gasteiger partial charge in [0.25, 0.3) is 11.8 Å². The number of amides is 2. The maximum atomic E-state index is 13.5. The third-order valence-corrected chi connectivity index (χ3v) is 4.96. The van der Waals surface area contributed by atoms with Gasteiger partial charge in [0.05, 0.1) is 38.7 Å². The SMILES string of the molecule is CCOc1ccc(C2=C(N(C)CCO)C(=O)N(c3ccc(OC)c(OC)c3)C2=O)cc1. The number of carbonyl (C=O) groups is 2. The Bertz CT molecular complexity index is 1000. The normalized spacial score (nSPS) is 13.6. The van der Waals surface area contributed by atoms with Crippen LogP contribution in [0.1, 0.15) is 12.5 Å². The Kier molecular flexibility index (Phi) is 6.81. The number of hydrogen-bond donors (Lipinski definition) is 1. The van der Waals surface area contributed by atoms with Crippen LogP contribution in [-0.2, 0) is 9.59 Å². The van der Waals surface area contributed by atoms with E-state index in [1.54, 1.807) is 54.4 Å². The van der Waals surface area contributed by atoms with Crippen molar-refractivity contribution in [3.8, 4) is 17.2 Å². The highest BCUT2D eigenvalue weighted by Crippen LogP contribution is 2.38. The number of rotatable bonds is 9. The lowest BCUT2D eigenvalue weighted by Gasteiger charge is -2.21. The number of ether oxygens (including phenoxy) is 3. The zero-order chi connectivity index (χ0) is 22.5. The van der Waals surface area contributed by atoms with Crippen LogP contribution >= 0.6 is 0 Å². The van der Waals surface area contributed by atoms with E-state index in [-0.39, 0.29) is 24.4 Å². The van der Waals surface area contributed by atoms with Gasteiger partial charge in [0.15, 0.2) is 11.5 Å². The summed E-state index contributed by atoms with van der Waals surface area (Å²) in [6, 6.07) is 11.9. The molecule has 8 nitrogen and oxygen atoms in total. The number of carbonyl (C=O) groups excluding carboxylic acids is 2. The summed E-state index contributed by atoms with van der Waals surface area (Å²) in [5, 5.41) is 9.39. The monoisotopic (exact) mass is 426 g/mol. The summed E-state index contributed by atoms with van der Waals surface area (Å²) in [6.45, 7) is 2.46. The molecule has 0 aromatic heterocycles. The first-order valence-electron chi connectivity index (χ1n) is 9.87. The van der Waals surface area contributed by atoms with Crippen molar-refractivity contribution in [1.29, 1.82) is 0 Å². The summed E-state index contributed by atoms with van der Waals surface area (Å²) in [7, 11) is 4.67. The number of benzene rings is 2. The van der Waals surface area contributed by atoms with E-state index in [0.29, 0.717) is 35.1 Å². The summed E-state index contributed by atoms with van der Waals surface area (Å²) < 4.78 is 16.0. The molecule has 0 spiro atoms. The summed E-state index contributed by atoms with van der Waals surface area (Å²) in [4.78, 5) is 29.5.